The van der Waals surface area contributed by atoms with E-state index < -0.39 is 11.9 Å². The molecule has 0 fully saturated rings. The molecule has 0 saturated carbocycles. The Morgan fingerprint density at radius 3 is 1.37 bits per heavy atom. The third-order valence-electron chi connectivity index (χ3n) is 3.23. The predicted octanol–water partition coefficient (Wildman–Crippen LogP) is -5.66. The second kappa shape index (κ2) is 15.8. The molecule has 2 aromatic carbocycles. The number of carbonyl (C=O) groups excluding carboxylic acids is 2. The molecule has 0 aliphatic heterocycles. The number of carboxylic acid groups (broad SMARTS) is 2. The van der Waals surface area contributed by atoms with Gasteiger partial charge in [0.15, 0.2) is 23.0 Å². The molecule has 0 saturated heterocycles. The SMILES string of the molecule is COc1cc(/C=C/C(=O)[O-])ccc1O.COc1cc(/C=C/C(=O)[O-])ccc1O.[Na+].[Na+]. The van der Waals surface area contributed by atoms with E-state index in [2.05, 4.69) is 0 Å². The number of phenols is 2. The molecule has 0 atom stereocenters. The van der Waals surface area contributed by atoms with Crippen LogP contribution in [0.4, 0.5) is 0 Å². The fourth-order valence-electron chi connectivity index (χ4n) is 1.92. The van der Waals surface area contributed by atoms with E-state index in [1.54, 1.807) is 12.1 Å². The monoisotopic (exact) mass is 432 g/mol. The van der Waals surface area contributed by atoms with E-state index in [-0.39, 0.29) is 70.6 Å². The Morgan fingerprint density at radius 2 is 1.10 bits per heavy atom. The Hall–Kier alpha value is -1.94. The fourth-order valence-corrected chi connectivity index (χ4v) is 1.92. The van der Waals surface area contributed by atoms with Gasteiger partial charge in [-0.05, 0) is 47.5 Å². The topological polar surface area (TPSA) is 139 Å². The van der Waals surface area contributed by atoms with Crippen LogP contribution in [0.3, 0.4) is 0 Å². The summed E-state index contributed by atoms with van der Waals surface area (Å²) in [4.78, 5) is 20.2. The van der Waals surface area contributed by atoms with Gasteiger partial charge in [0.1, 0.15) is 0 Å². The fraction of sp³-hybridized carbons (Fsp3) is 0.100. The largest absolute Gasteiger partial charge is 1.00 e. The van der Waals surface area contributed by atoms with Gasteiger partial charge < -0.3 is 39.5 Å². The van der Waals surface area contributed by atoms with Crippen molar-refractivity contribution in [1.82, 2.24) is 0 Å². The molecule has 30 heavy (non-hydrogen) atoms. The number of aromatic hydroxyl groups is 2. The molecule has 2 N–H and O–H groups in total. The minimum atomic E-state index is -1.27. The molecule has 0 aliphatic rings. The second-order valence-electron chi connectivity index (χ2n) is 5.17. The van der Waals surface area contributed by atoms with Crippen LogP contribution in [0, 0.1) is 0 Å². The second-order valence-corrected chi connectivity index (χ2v) is 5.17. The van der Waals surface area contributed by atoms with Crippen molar-refractivity contribution in [1.29, 1.82) is 0 Å². The van der Waals surface area contributed by atoms with E-state index in [1.807, 2.05) is 0 Å². The standard InChI is InChI=1S/2C10H10O4.2Na/c2*1-14-9-6-7(2-4-8(9)11)3-5-10(12)13;;/h2*2-6,11H,1H3,(H,12,13);;/q;;2*+1/p-2/b2*5-3+;;. The van der Waals surface area contributed by atoms with Crippen LogP contribution >= 0.6 is 0 Å². The number of carbonyl (C=O) groups is 2. The quantitative estimate of drug-likeness (QED) is 0.340. The normalized spacial score (nSPS) is 9.67. The first-order valence-corrected chi connectivity index (χ1v) is 7.79. The summed E-state index contributed by atoms with van der Waals surface area (Å²) in [6.07, 6.45) is 4.53. The van der Waals surface area contributed by atoms with E-state index in [0.717, 1.165) is 12.2 Å². The predicted molar refractivity (Wildman–Crippen MR) is 97.4 cm³/mol. The van der Waals surface area contributed by atoms with Gasteiger partial charge in [-0.15, -0.1) is 0 Å². The number of rotatable bonds is 6. The van der Waals surface area contributed by atoms with Gasteiger partial charge in [0.05, 0.1) is 26.2 Å². The van der Waals surface area contributed by atoms with E-state index in [0.29, 0.717) is 22.6 Å². The molecule has 0 bridgehead atoms. The molecule has 10 heteroatoms. The Balaban J connectivity index is 0. The first kappa shape index (κ1) is 30.3. The van der Waals surface area contributed by atoms with Gasteiger partial charge in [-0.2, -0.15) is 0 Å². The summed E-state index contributed by atoms with van der Waals surface area (Å²) < 4.78 is 9.69. The van der Waals surface area contributed by atoms with Crippen LogP contribution in [-0.4, -0.2) is 36.4 Å². The maximum atomic E-state index is 10.1. The van der Waals surface area contributed by atoms with Gasteiger partial charge in [0, 0.05) is 0 Å². The Morgan fingerprint density at radius 1 is 0.767 bits per heavy atom. The number of aliphatic carboxylic acids is 2. The van der Waals surface area contributed by atoms with Crippen LogP contribution in [0.1, 0.15) is 11.1 Å². The Kier molecular flexibility index (Phi) is 16.0. The van der Waals surface area contributed by atoms with Crippen molar-refractivity contribution < 1.29 is 98.6 Å². The van der Waals surface area contributed by atoms with Crippen LogP contribution < -0.4 is 78.8 Å². The van der Waals surface area contributed by atoms with Crippen LogP contribution in [0.2, 0.25) is 0 Å². The van der Waals surface area contributed by atoms with Gasteiger partial charge in [-0.3, -0.25) is 0 Å². The molecule has 0 aromatic heterocycles. The molecule has 2 rings (SSSR count). The third kappa shape index (κ3) is 11.3. The zero-order valence-electron chi connectivity index (χ0n) is 17.1. The molecule has 0 spiro atoms. The number of hydrogen-bond donors (Lipinski definition) is 2. The van der Waals surface area contributed by atoms with Crippen molar-refractivity contribution in [2.24, 2.45) is 0 Å². The van der Waals surface area contributed by atoms with Crippen molar-refractivity contribution in [3.8, 4) is 23.0 Å². The molecule has 8 nitrogen and oxygen atoms in total. The van der Waals surface area contributed by atoms with Gasteiger partial charge in [-0.25, -0.2) is 0 Å². The summed E-state index contributed by atoms with van der Waals surface area (Å²) in [5.74, 6) is -1.92. The van der Waals surface area contributed by atoms with Gasteiger partial charge in [0.25, 0.3) is 0 Å². The van der Waals surface area contributed by atoms with E-state index in [4.69, 9.17) is 9.47 Å². The number of hydrogen-bond acceptors (Lipinski definition) is 8. The van der Waals surface area contributed by atoms with Crippen molar-refractivity contribution in [2.45, 2.75) is 0 Å². The third-order valence-corrected chi connectivity index (χ3v) is 3.23. The number of carboxylic acids is 2. The average Bonchev–Trinajstić information content (AvgIpc) is 2.67. The van der Waals surface area contributed by atoms with Crippen LogP contribution in [0.5, 0.6) is 23.0 Å². The molecule has 2 aromatic rings. The Labute approximate surface area is 218 Å². The maximum absolute atomic E-state index is 10.1. The molecule has 0 unspecified atom stereocenters. The van der Waals surface area contributed by atoms with Gasteiger partial charge in [-0.1, -0.05) is 24.3 Å². The molecule has 0 radical (unpaired) electrons. The number of methoxy groups -OCH3 is 2. The van der Waals surface area contributed by atoms with Crippen molar-refractivity contribution in [3.63, 3.8) is 0 Å². The minimum Gasteiger partial charge on any atom is -0.545 e. The minimum absolute atomic E-state index is 0. The van der Waals surface area contributed by atoms with Crippen molar-refractivity contribution in [2.75, 3.05) is 14.2 Å². The summed E-state index contributed by atoms with van der Waals surface area (Å²) in [6, 6.07) is 9.03. The maximum Gasteiger partial charge on any atom is 1.00 e. The van der Waals surface area contributed by atoms with Gasteiger partial charge >= 0.3 is 59.1 Å². The van der Waals surface area contributed by atoms with Crippen LogP contribution in [0.15, 0.2) is 48.6 Å². The van der Waals surface area contributed by atoms with Gasteiger partial charge in [0.2, 0.25) is 0 Å². The van der Waals surface area contributed by atoms with E-state index in [9.17, 15) is 30.0 Å². The summed E-state index contributed by atoms with van der Waals surface area (Å²) in [5, 5.41) is 38.7. The number of benzene rings is 2. The first-order valence-electron chi connectivity index (χ1n) is 7.79. The van der Waals surface area contributed by atoms with E-state index in [1.165, 1.54) is 50.6 Å². The number of phenolic OH excluding ortho intramolecular Hbond substituents is 2. The smallest absolute Gasteiger partial charge is 0.545 e. The average molecular weight is 432 g/mol. The molecule has 0 heterocycles. The molecule has 0 aliphatic carbocycles. The van der Waals surface area contributed by atoms with Crippen LogP contribution in [0.25, 0.3) is 12.2 Å². The summed E-state index contributed by atoms with van der Waals surface area (Å²) in [6.45, 7) is 0. The van der Waals surface area contributed by atoms with Crippen LogP contribution in [-0.2, 0) is 9.59 Å². The molecular weight excluding hydrogens is 414 g/mol. The van der Waals surface area contributed by atoms with E-state index >= 15 is 0 Å². The summed E-state index contributed by atoms with van der Waals surface area (Å²) in [5.41, 5.74) is 1.23. The summed E-state index contributed by atoms with van der Waals surface area (Å²) >= 11 is 0. The zero-order chi connectivity index (χ0) is 21.1. The Bertz CT molecular complexity index is 821. The zero-order valence-corrected chi connectivity index (χ0v) is 21.1. The number of ether oxygens (including phenoxy) is 2. The van der Waals surface area contributed by atoms with Crippen molar-refractivity contribution in [3.05, 3.63) is 59.7 Å². The molecule has 148 valence electrons. The summed E-state index contributed by atoms with van der Waals surface area (Å²) in [7, 11) is 2.84. The first-order chi connectivity index (χ1) is 13.3. The molecule has 0 amide bonds. The molecular formula is C20H18Na2O8. The van der Waals surface area contributed by atoms with Crippen molar-refractivity contribution >= 4 is 24.1 Å².